The van der Waals surface area contributed by atoms with E-state index in [-0.39, 0.29) is 0 Å². The van der Waals surface area contributed by atoms with Crippen LogP contribution in [0.4, 0.5) is 0 Å². The Morgan fingerprint density at radius 1 is 1.00 bits per heavy atom. The standard InChI is InChI=1S/C15H12ClN/c1-10-5-2-3-7-12(10)14-9-11-6-4-8-13(16)15(11)17-14/h2-9,17H,1H3. The Balaban J connectivity index is 2.26. The third-order valence-corrected chi connectivity index (χ3v) is 3.36. The number of aromatic nitrogens is 1. The van der Waals surface area contributed by atoms with Crippen molar-refractivity contribution in [2.45, 2.75) is 6.92 Å². The predicted molar refractivity (Wildman–Crippen MR) is 73.5 cm³/mol. The van der Waals surface area contributed by atoms with Crippen LogP contribution in [0.25, 0.3) is 22.2 Å². The van der Waals surface area contributed by atoms with Crippen molar-refractivity contribution in [1.82, 2.24) is 4.98 Å². The van der Waals surface area contributed by atoms with Crippen LogP contribution in [-0.4, -0.2) is 4.98 Å². The van der Waals surface area contributed by atoms with Crippen molar-refractivity contribution in [2.75, 3.05) is 0 Å². The summed E-state index contributed by atoms with van der Waals surface area (Å²) in [7, 11) is 0. The van der Waals surface area contributed by atoms with Crippen LogP contribution in [0.5, 0.6) is 0 Å². The van der Waals surface area contributed by atoms with Gasteiger partial charge in [0.25, 0.3) is 0 Å². The molecule has 3 aromatic rings. The van der Waals surface area contributed by atoms with E-state index in [1.807, 2.05) is 12.1 Å². The number of nitrogens with one attached hydrogen (secondary N) is 1. The summed E-state index contributed by atoms with van der Waals surface area (Å²) >= 11 is 6.17. The van der Waals surface area contributed by atoms with E-state index in [0.29, 0.717) is 0 Å². The molecule has 0 aliphatic rings. The molecule has 0 aliphatic heterocycles. The molecule has 1 aromatic heterocycles. The molecule has 0 atom stereocenters. The minimum atomic E-state index is 0.766. The Morgan fingerprint density at radius 2 is 1.82 bits per heavy atom. The van der Waals surface area contributed by atoms with Crippen molar-refractivity contribution in [1.29, 1.82) is 0 Å². The molecule has 0 amide bonds. The number of H-pyrrole nitrogens is 1. The summed E-state index contributed by atoms with van der Waals surface area (Å²) in [5.74, 6) is 0. The van der Waals surface area contributed by atoms with Crippen LogP contribution >= 0.6 is 11.6 Å². The van der Waals surface area contributed by atoms with E-state index in [2.05, 4.69) is 48.3 Å². The van der Waals surface area contributed by atoms with Crippen LogP contribution in [0.15, 0.2) is 48.5 Å². The molecule has 0 bridgehead atoms. The lowest BCUT2D eigenvalue weighted by Crippen LogP contribution is -1.81. The molecule has 0 saturated carbocycles. The third-order valence-electron chi connectivity index (χ3n) is 3.04. The van der Waals surface area contributed by atoms with E-state index < -0.39 is 0 Å². The van der Waals surface area contributed by atoms with Gasteiger partial charge in [0.15, 0.2) is 0 Å². The van der Waals surface area contributed by atoms with Crippen molar-refractivity contribution in [3.8, 4) is 11.3 Å². The highest BCUT2D eigenvalue weighted by Crippen LogP contribution is 2.29. The van der Waals surface area contributed by atoms with E-state index in [1.54, 1.807) is 0 Å². The van der Waals surface area contributed by atoms with Crippen LogP contribution in [0.2, 0.25) is 5.02 Å². The number of fused-ring (bicyclic) bond motifs is 1. The second-order valence-corrected chi connectivity index (χ2v) is 4.61. The van der Waals surface area contributed by atoms with Crippen molar-refractivity contribution in [2.24, 2.45) is 0 Å². The van der Waals surface area contributed by atoms with E-state index in [0.717, 1.165) is 21.6 Å². The number of aryl methyl sites for hydroxylation is 1. The van der Waals surface area contributed by atoms with Gasteiger partial charge in [0.2, 0.25) is 0 Å². The molecule has 3 rings (SSSR count). The maximum absolute atomic E-state index is 6.17. The number of para-hydroxylation sites is 1. The maximum atomic E-state index is 6.17. The SMILES string of the molecule is Cc1ccccc1-c1cc2cccc(Cl)c2[nH]1. The highest BCUT2D eigenvalue weighted by Gasteiger charge is 2.06. The maximum Gasteiger partial charge on any atom is 0.0648 e. The summed E-state index contributed by atoms with van der Waals surface area (Å²) in [5.41, 5.74) is 4.61. The van der Waals surface area contributed by atoms with Gasteiger partial charge in [-0.05, 0) is 24.6 Å². The molecule has 0 saturated heterocycles. The van der Waals surface area contributed by atoms with Crippen LogP contribution in [0.1, 0.15) is 5.56 Å². The molecule has 0 unspecified atom stereocenters. The number of benzene rings is 2. The fraction of sp³-hybridized carbons (Fsp3) is 0.0667. The van der Waals surface area contributed by atoms with Gasteiger partial charge in [0.1, 0.15) is 0 Å². The van der Waals surface area contributed by atoms with Crippen molar-refractivity contribution >= 4 is 22.5 Å². The van der Waals surface area contributed by atoms with Gasteiger partial charge in [-0.2, -0.15) is 0 Å². The Labute approximate surface area is 105 Å². The second-order valence-electron chi connectivity index (χ2n) is 4.20. The Hall–Kier alpha value is -1.73. The van der Waals surface area contributed by atoms with Crippen molar-refractivity contribution in [3.63, 3.8) is 0 Å². The molecule has 0 aliphatic carbocycles. The Morgan fingerprint density at radius 3 is 2.59 bits per heavy atom. The van der Waals surface area contributed by atoms with E-state index in [9.17, 15) is 0 Å². The van der Waals surface area contributed by atoms with Crippen molar-refractivity contribution in [3.05, 3.63) is 59.1 Å². The summed E-state index contributed by atoms with van der Waals surface area (Å²) in [6, 6.07) is 16.4. The molecule has 1 heterocycles. The van der Waals surface area contributed by atoms with Crippen LogP contribution in [0, 0.1) is 6.92 Å². The molecule has 84 valence electrons. The number of hydrogen-bond acceptors (Lipinski definition) is 0. The van der Waals surface area contributed by atoms with Crippen LogP contribution in [0.3, 0.4) is 0 Å². The Kier molecular flexibility index (Phi) is 2.41. The zero-order valence-corrected chi connectivity index (χ0v) is 10.3. The van der Waals surface area contributed by atoms with Gasteiger partial charge >= 0.3 is 0 Å². The first kappa shape index (κ1) is 10.4. The first-order valence-corrected chi connectivity index (χ1v) is 5.97. The molecule has 2 heteroatoms. The van der Waals surface area contributed by atoms with E-state index >= 15 is 0 Å². The Bertz CT molecular complexity index is 682. The molecule has 0 spiro atoms. The fourth-order valence-electron chi connectivity index (χ4n) is 2.14. The van der Waals surface area contributed by atoms with E-state index in [1.165, 1.54) is 11.1 Å². The first-order chi connectivity index (χ1) is 8.25. The second kappa shape index (κ2) is 3.94. The molecule has 1 N–H and O–H groups in total. The summed E-state index contributed by atoms with van der Waals surface area (Å²) < 4.78 is 0. The van der Waals surface area contributed by atoms with Gasteiger partial charge in [-0.1, -0.05) is 48.0 Å². The summed E-state index contributed by atoms with van der Waals surface area (Å²) in [4.78, 5) is 3.39. The molecule has 0 fully saturated rings. The quantitative estimate of drug-likeness (QED) is 0.630. The monoisotopic (exact) mass is 241 g/mol. The van der Waals surface area contributed by atoms with Gasteiger partial charge in [-0.15, -0.1) is 0 Å². The average molecular weight is 242 g/mol. The topological polar surface area (TPSA) is 15.8 Å². The molecule has 0 radical (unpaired) electrons. The van der Waals surface area contributed by atoms with Gasteiger partial charge in [-0.25, -0.2) is 0 Å². The van der Waals surface area contributed by atoms with Crippen LogP contribution < -0.4 is 0 Å². The third kappa shape index (κ3) is 1.73. The summed E-state index contributed by atoms with van der Waals surface area (Å²) in [6.07, 6.45) is 0. The number of hydrogen-bond donors (Lipinski definition) is 1. The zero-order valence-electron chi connectivity index (χ0n) is 9.50. The lowest BCUT2D eigenvalue weighted by molar-refractivity contribution is 1.39. The predicted octanol–water partition coefficient (Wildman–Crippen LogP) is 4.80. The average Bonchev–Trinajstić information content (AvgIpc) is 2.75. The minimum absolute atomic E-state index is 0.766. The fourth-order valence-corrected chi connectivity index (χ4v) is 2.37. The lowest BCUT2D eigenvalue weighted by atomic mass is 10.1. The van der Waals surface area contributed by atoms with Gasteiger partial charge in [0, 0.05) is 16.6 Å². The molecule has 17 heavy (non-hydrogen) atoms. The number of halogens is 1. The molecule has 2 aromatic carbocycles. The van der Waals surface area contributed by atoms with E-state index in [4.69, 9.17) is 11.6 Å². The first-order valence-electron chi connectivity index (χ1n) is 5.59. The van der Waals surface area contributed by atoms with Crippen molar-refractivity contribution < 1.29 is 0 Å². The van der Waals surface area contributed by atoms with Crippen LogP contribution in [-0.2, 0) is 0 Å². The largest absolute Gasteiger partial charge is 0.353 e. The number of rotatable bonds is 1. The highest BCUT2D eigenvalue weighted by atomic mass is 35.5. The van der Waals surface area contributed by atoms with Gasteiger partial charge in [0.05, 0.1) is 10.5 Å². The minimum Gasteiger partial charge on any atom is -0.353 e. The molecular formula is C15H12ClN. The summed E-state index contributed by atoms with van der Waals surface area (Å²) in [5, 5.41) is 1.91. The van der Waals surface area contributed by atoms with Gasteiger partial charge < -0.3 is 4.98 Å². The highest BCUT2D eigenvalue weighted by molar-refractivity contribution is 6.35. The summed E-state index contributed by atoms with van der Waals surface area (Å²) in [6.45, 7) is 2.11. The van der Waals surface area contributed by atoms with Gasteiger partial charge in [-0.3, -0.25) is 0 Å². The molecule has 1 nitrogen and oxygen atoms in total. The lowest BCUT2D eigenvalue weighted by Gasteiger charge is -2.01. The smallest absolute Gasteiger partial charge is 0.0648 e. The number of aromatic amines is 1. The normalized spacial score (nSPS) is 10.9. The molecular weight excluding hydrogens is 230 g/mol. The zero-order chi connectivity index (χ0) is 11.8.